The Balaban J connectivity index is 1.72. The zero-order valence-electron chi connectivity index (χ0n) is 14.7. The Kier molecular flexibility index (Phi) is 5.04. The maximum atomic E-state index is 13.4. The predicted molar refractivity (Wildman–Crippen MR) is 90.8 cm³/mol. The quantitative estimate of drug-likeness (QED) is 0.694. The minimum absolute atomic E-state index is 0.137. The Morgan fingerprint density at radius 3 is 2.33 bits per heavy atom. The molecular weight excluding hydrogens is 389 g/mol. The van der Waals surface area contributed by atoms with Gasteiger partial charge in [-0.3, -0.25) is 9.48 Å². The van der Waals surface area contributed by atoms with E-state index in [4.69, 9.17) is 0 Å². The molecule has 0 unspecified atom stereocenters. The van der Waals surface area contributed by atoms with Crippen LogP contribution in [-0.4, -0.2) is 39.6 Å². The number of thiophene rings is 1. The molecule has 3 heterocycles. The molecule has 1 aliphatic heterocycles. The van der Waals surface area contributed by atoms with Crippen molar-refractivity contribution >= 4 is 17.2 Å². The van der Waals surface area contributed by atoms with Gasteiger partial charge < -0.3 is 4.90 Å². The average molecular weight is 407 g/mol. The lowest BCUT2D eigenvalue weighted by Gasteiger charge is -2.34. The fraction of sp³-hybridized carbons (Fsp3) is 0.529. The van der Waals surface area contributed by atoms with E-state index in [0.29, 0.717) is 9.75 Å². The van der Waals surface area contributed by atoms with Crippen LogP contribution in [0.1, 0.15) is 35.1 Å². The Bertz CT molecular complexity index is 828. The molecule has 0 radical (unpaired) electrons. The number of piperidine rings is 1. The van der Waals surface area contributed by atoms with Crippen molar-refractivity contribution in [2.75, 3.05) is 13.1 Å². The van der Waals surface area contributed by atoms with Crippen molar-refractivity contribution in [3.8, 4) is 10.6 Å². The van der Waals surface area contributed by atoms with Crippen LogP contribution in [-0.2, 0) is 13.2 Å². The van der Waals surface area contributed by atoms with E-state index in [9.17, 15) is 26.7 Å². The van der Waals surface area contributed by atoms with Gasteiger partial charge in [0.05, 0.1) is 9.75 Å². The van der Waals surface area contributed by atoms with Crippen molar-refractivity contribution in [2.45, 2.75) is 31.9 Å². The lowest BCUT2D eigenvalue weighted by molar-refractivity contribution is -0.143. The Morgan fingerprint density at radius 1 is 1.19 bits per heavy atom. The molecule has 0 atom stereocenters. The van der Waals surface area contributed by atoms with Crippen molar-refractivity contribution < 1.29 is 26.7 Å². The van der Waals surface area contributed by atoms with Gasteiger partial charge in [-0.2, -0.15) is 18.3 Å². The van der Waals surface area contributed by atoms with Crippen LogP contribution < -0.4 is 0 Å². The molecule has 4 nitrogen and oxygen atoms in total. The molecular formula is C17H18F5N3OS. The standard InChI is InChI=1S/C17H18F5N3OS/c1-16(18,19)10-5-7-25(8-6-10)15(26)13-4-3-12(27-13)11-9-14(17(20,21)22)24(2)23-11/h3-4,9-10H,5-8H2,1-2H3. The summed E-state index contributed by atoms with van der Waals surface area (Å²) in [6.07, 6.45) is -4.06. The second kappa shape index (κ2) is 6.88. The monoisotopic (exact) mass is 407 g/mol. The molecule has 1 fully saturated rings. The third-order valence-corrected chi connectivity index (χ3v) is 5.83. The van der Waals surface area contributed by atoms with E-state index in [2.05, 4.69) is 5.10 Å². The molecule has 2 aromatic heterocycles. The Labute approximate surface area is 156 Å². The van der Waals surface area contributed by atoms with Gasteiger partial charge in [-0.1, -0.05) is 0 Å². The number of halogens is 5. The van der Waals surface area contributed by atoms with Crippen LogP contribution in [0.2, 0.25) is 0 Å². The minimum atomic E-state index is -4.51. The molecule has 0 aliphatic carbocycles. The van der Waals surface area contributed by atoms with Crippen LogP contribution in [0.5, 0.6) is 0 Å². The summed E-state index contributed by atoms with van der Waals surface area (Å²) >= 11 is 1.04. The fourth-order valence-electron chi connectivity index (χ4n) is 3.19. The van der Waals surface area contributed by atoms with E-state index in [1.165, 1.54) is 18.0 Å². The third kappa shape index (κ3) is 4.15. The summed E-state index contributed by atoms with van der Waals surface area (Å²) in [5.41, 5.74) is -0.737. The van der Waals surface area contributed by atoms with Crippen molar-refractivity contribution in [2.24, 2.45) is 13.0 Å². The molecule has 0 saturated carbocycles. The maximum Gasteiger partial charge on any atom is 0.433 e. The molecule has 1 aliphatic rings. The normalized spacial score (nSPS) is 16.8. The molecule has 1 saturated heterocycles. The molecule has 0 spiro atoms. The van der Waals surface area contributed by atoms with E-state index in [0.717, 1.165) is 29.0 Å². The molecule has 1 amide bonds. The highest BCUT2D eigenvalue weighted by Crippen LogP contribution is 2.36. The molecule has 10 heteroatoms. The van der Waals surface area contributed by atoms with Crippen molar-refractivity contribution in [3.63, 3.8) is 0 Å². The Morgan fingerprint density at radius 2 is 1.81 bits per heavy atom. The van der Waals surface area contributed by atoms with E-state index >= 15 is 0 Å². The summed E-state index contributed by atoms with van der Waals surface area (Å²) in [4.78, 5) is 14.9. The van der Waals surface area contributed by atoms with Crippen LogP contribution in [0, 0.1) is 5.92 Å². The van der Waals surface area contributed by atoms with Crippen molar-refractivity contribution in [1.82, 2.24) is 14.7 Å². The van der Waals surface area contributed by atoms with E-state index < -0.39 is 23.7 Å². The molecule has 0 aromatic carbocycles. The molecule has 0 bridgehead atoms. The number of carbonyl (C=O) groups is 1. The third-order valence-electron chi connectivity index (χ3n) is 4.74. The fourth-order valence-corrected chi connectivity index (χ4v) is 4.12. The van der Waals surface area contributed by atoms with Gasteiger partial charge in [0.15, 0.2) is 0 Å². The van der Waals surface area contributed by atoms with Crippen LogP contribution in [0.25, 0.3) is 10.6 Å². The number of aromatic nitrogens is 2. The van der Waals surface area contributed by atoms with Gasteiger partial charge in [-0.05, 0) is 38.0 Å². The zero-order chi connectivity index (χ0) is 20.0. The van der Waals surface area contributed by atoms with Gasteiger partial charge in [-0.25, -0.2) is 8.78 Å². The summed E-state index contributed by atoms with van der Waals surface area (Å²) in [5.74, 6) is -3.80. The predicted octanol–water partition coefficient (Wildman–Crippen LogP) is 4.67. The van der Waals surface area contributed by atoms with Crippen LogP contribution in [0.15, 0.2) is 18.2 Å². The second-order valence-corrected chi connectivity index (χ2v) is 7.81. The van der Waals surface area contributed by atoms with E-state index in [1.54, 1.807) is 6.07 Å². The Hall–Kier alpha value is -1.97. The topological polar surface area (TPSA) is 38.1 Å². The first kappa shape index (κ1) is 19.8. The summed E-state index contributed by atoms with van der Waals surface area (Å²) in [7, 11) is 1.21. The maximum absolute atomic E-state index is 13.4. The number of hydrogen-bond acceptors (Lipinski definition) is 3. The van der Waals surface area contributed by atoms with E-state index in [1.807, 2.05) is 0 Å². The highest BCUT2D eigenvalue weighted by Gasteiger charge is 2.38. The number of carbonyl (C=O) groups excluding carboxylic acids is 1. The highest BCUT2D eigenvalue weighted by molar-refractivity contribution is 7.17. The smallest absolute Gasteiger partial charge is 0.338 e. The molecule has 2 aromatic rings. The van der Waals surface area contributed by atoms with Crippen LogP contribution in [0.4, 0.5) is 22.0 Å². The number of aryl methyl sites for hydroxylation is 1. The minimum Gasteiger partial charge on any atom is -0.338 e. The first-order valence-corrected chi connectivity index (χ1v) is 9.17. The average Bonchev–Trinajstić information content (AvgIpc) is 3.19. The van der Waals surface area contributed by atoms with Gasteiger partial charge in [0.2, 0.25) is 5.92 Å². The first-order chi connectivity index (χ1) is 12.5. The summed E-state index contributed by atoms with van der Waals surface area (Å²) in [6.45, 7) is 1.37. The van der Waals surface area contributed by atoms with Gasteiger partial charge in [0.25, 0.3) is 5.91 Å². The molecule has 27 heavy (non-hydrogen) atoms. The van der Waals surface area contributed by atoms with E-state index in [-0.39, 0.29) is 37.5 Å². The molecule has 148 valence electrons. The summed E-state index contributed by atoms with van der Waals surface area (Å²) in [5, 5.41) is 3.87. The largest absolute Gasteiger partial charge is 0.433 e. The van der Waals surface area contributed by atoms with Gasteiger partial charge in [0, 0.05) is 26.1 Å². The number of rotatable bonds is 3. The van der Waals surface area contributed by atoms with Gasteiger partial charge in [0.1, 0.15) is 11.4 Å². The number of nitrogens with zero attached hydrogens (tertiary/aromatic N) is 3. The first-order valence-electron chi connectivity index (χ1n) is 8.35. The SMILES string of the molecule is Cn1nc(-c2ccc(C(=O)N3CCC(C(C)(F)F)CC3)s2)cc1C(F)(F)F. The second-order valence-electron chi connectivity index (χ2n) is 6.72. The van der Waals surface area contributed by atoms with Crippen LogP contribution >= 0.6 is 11.3 Å². The molecule has 0 N–H and O–H groups in total. The highest BCUT2D eigenvalue weighted by atomic mass is 32.1. The summed E-state index contributed by atoms with van der Waals surface area (Å²) < 4.78 is 66.2. The lowest BCUT2D eigenvalue weighted by Crippen LogP contribution is -2.42. The number of amides is 1. The van der Waals surface area contributed by atoms with Gasteiger partial charge >= 0.3 is 6.18 Å². The number of likely N-dealkylation sites (tertiary alicyclic amines) is 1. The van der Waals surface area contributed by atoms with Crippen LogP contribution in [0.3, 0.4) is 0 Å². The zero-order valence-corrected chi connectivity index (χ0v) is 15.5. The number of hydrogen-bond donors (Lipinski definition) is 0. The summed E-state index contributed by atoms with van der Waals surface area (Å²) in [6, 6.07) is 4.02. The molecule has 3 rings (SSSR count). The number of alkyl halides is 5. The van der Waals surface area contributed by atoms with Gasteiger partial charge in [-0.15, -0.1) is 11.3 Å². The van der Waals surface area contributed by atoms with Crippen molar-refractivity contribution in [3.05, 3.63) is 28.8 Å². The lowest BCUT2D eigenvalue weighted by atomic mass is 9.91. The van der Waals surface area contributed by atoms with Crippen molar-refractivity contribution in [1.29, 1.82) is 0 Å².